The molecule has 0 aliphatic heterocycles. The number of aromatic nitrogens is 1. The van der Waals surface area contributed by atoms with Gasteiger partial charge in [-0.25, -0.2) is 0 Å². The van der Waals surface area contributed by atoms with Crippen molar-refractivity contribution < 1.29 is 9.90 Å². The van der Waals surface area contributed by atoms with E-state index in [4.69, 9.17) is 10.8 Å². The van der Waals surface area contributed by atoms with Gasteiger partial charge in [0.25, 0.3) is 0 Å². The Morgan fingerprint density at radius 2 is 2.38 bits per heavy atom. The Labute approximate surface area is 76.4 Å². The largest absolute Gasteiger partial charge is 0.481 e. The van der Waals surface area contributed by atoms with Crippen LogP contribution in [0.5, 0.6) is 0 Å². The topological polar surface area (TPSA) is 76.2 Å². The van der Waals surface area contributed by atoms with Crippen LogP contribution in [0.15, 0.2) is 18.5 Å². The predicted octanol–water partition coefficient (Wildman–Crippen LogP) is 0.865. The lowest BCUT2D eigenvalue weighted by molar-refractivity contribution is -0.137. The number of carboxylic acid groups (broad SMARTS) is 1. The Bertz CT molecular complexity index is 312. The van der Waals surface area contributed by atoms with Gasteiger partial charge in [0, 0.05) is 18.4 Å². The quantitative estimate of drug-likeness (QED) is 0.723. The summed E-state index contributed by atoms with van der Waals surface area (Å²) >= 11 is 0. The average molecular weight is 180 g/mol. The summed E-state index contributed by atoms with van der Waals surface area (Å²) in [6, 6.07) is 1.38. The van der Waals surface area contributed by atoms with Crippen molar-refractivity contribution in [1.82, 2.24) is 4.98 Å². The second-order valence-corrected chi connectivity index (χ2v) is 3.00. The minimum Gasteiger partial charge on any atom is -0.481 e. The molecule has 1 aromatic heterocycles. The third-order valence-corrected chi connectivity index (χ3v) is 1.72. The summed E-state index contributed by atoms with van der Waals surface area (Å²) in [4.78, 5) is 14.3. The molecule has 0 unspecified atom stereocenters. The van der Waals surface area contributed by atoms with Crippen LogP contribution < -0.4 is 5.73 Å². The fourth-order valence-electron chi connectivity index (χ4n) is 1.09. The fraction of sp³-hybridized carbons (Fsp3) is 0.333. The number of aryl methyl sites for hydroxylation is 1. The van der Waals surface area contributed by atoms with Gasteiger partial charge in [-0.1, -0.05) is 6.07 Å². The van der Waals surface area contributed by atoms with E-state index >= 15 is 0 Å². The van der Waals surface area contributed by atoms with Crippen LogP contribution in [0.3, 0.4) is 0 Å². The van der Waals surface area contributed by atoms with Gasteiger partial charge in [-0.15, -0.1) is 0 Å². The average Bonchev–Trinajstić information content (AvgIpc) is 2.03. The van der Waals surface area contributed by atoms with E-state index < -0.39 is 12.0 Å². The highest BCUT2D eigenvalue weighted by Crippen LogP contribution is 2.13. The highest BCUT2D eigenvalue weighted by molar-refractivity contribution is 5.67. The molecule has 0 bridgehead atoms. The third kappa shape index (κ3) is 2.83. The van der Waals surface area contributed by atoms with E-state index in [0.29, 0.717) is 0 Å². The molecule has 70 valence electrons. The SMILES string of the molecule is Cc1cncc([C@@H](N)CC(=O)O)c1. The van der Waals surface area contributed by atoms with Crippen LogP contribution in [-0.2, 0) is 4.79 Å². The smallest absolute Gasteiger partial charge is 0.305 e. The van der Waals surface area contributed by atoms with Crippen molar-refractivity contribution in [3.63, 3.8) is 0 Å². The summed E-state index contributed by atoms with van der Waals surface area (Å²) in [6.45, 7) is 1.89. The van der Waals surface area contributed by atoms with Gasteiger partial charge in [0.1, 0.15) is 0 Å². The molecular formula is C9H12N2O2. The van der Waals surface area contributed by atoms with Crippen molar-refractivity contribution in [2.75, 3.05) is 0 Å². The van der Waals surface area contributed by atoms with Gasteiger partial charge in [0.2, 0.25) is 0 Å². The van der Waals surface area contributed by atoms with Crippen LogP contribution in [0.25, 0.3) is 0 Å². The normalized spacial score (nSPS) is 12.5. The van der Waals surface area contributed by atoms with E-state index in [1.807, 2.05) is 13.0 Å². The number of hydrogen-bond acceptors (Lipinski definition) is 3. The number of nitrogens with zero attached hydrogens (tertiary/aromatic N) is 1. The van der Waals surface area contributed by atoms with Crippen molar-refractivity contribution >= 4 is 5.97 Å². The van der Waals surface area contributed by atoms with Crippen LogP contribution in [0.4, 0.5) is 0 Å². The number of carbonyl (C=O) groups is 1. The predicted molar refractivity (Wildman–Crippen MR) is 48.2 cm³/mol. The second kappa shape index (κ2) is 4.00. The molecule has 0 saturated heterocycles. The Balaban J connectivity index is 2.76. The zero-order valence-corrected chi connectivity index (χ0v) is 7.40. The molecule has 0 radical (unpaired) electrons. The summed E-state index contributed by atoms with van der Waals surface area (Å²) in [7, 11) is 0. The Kier molecular flexibility index (Phi) is 2.97. The lowest BCUT2D eigenvalue weighted by Crippen LogP contribution is -2.15. The van der Waals surface area contributed by atoms with Gasteiger partial charge in [-0.3, -0.25) is 9.78 Å². The molecule has 1 atom stereocenters. The van der Waals surface area contributed by atoms with Gasteiger partial charge < -0.3 is 10.8 Å². The molecule has 0 aliphatic carbocycles. The van der Waals surface area contributed by atoms with Crippen molar-refractivity contribution in [2.45, 2.75) is 19.4 Å². The summed E-state index contributed by atoms with van der Waals surface area (Å²) in [5, 5.41) is 8.51. The van der Waals surface area contributed by atoms with Crippen molar-refractivity contribution in [2.24, 2.45) is 5.73 Å². The molecule has 0 fully saturated rings. The van der Waals surface area contributed by atoms with E-state index in [0.717, 1.165) is 11.1 Å². The highest BCUT2D eigenvalue weighted by atomic mass is 16.4. The summed E-state index contributed by atoms with van der Waals surface area (Å²) in [5.74, 6) is -0.894. The molecule has 1 rings (SSSR count). The fourth-order valence-corrected chi connectivity index (χ4v) is 1.09. The minimum absolute atomic E-state index is 0.0644. The molecule has 4 nitrogen and oxygen atoms in total. The number of nitrogens with two attached hydrogens (primary N) is 1. The molecule has 0 amide bonds. The Morgan fingerprint density at radius 1 is 1.69 bits per heavy atom. The zero-order chi connectivity index (χ0) is 9.84. The summed E-state index contributed by atoms with van der Waals surface area (Å²) < 4.78 is 0. The molecule has 0 aliphatic rings. The lowest BCUT2D eigenvalue weighted by Gasteiger charge is -2.08. The zero-order valence-electron chi connectivity index (χ0n) is 7.40. The maximum Gasteiger partial charge on any atom is 0.305 e. The highest BCUT2D eigenvalue weighted by Gasteiger charge is 2.10. The minimum atomic E-state index is -0.894. The van der Waals surface area contributed by atoms with Gasteiger partial charge in [-0.2, -0.15) is 0 Å². The van der Waals surface area contributed by atoms with Crippen LogP contribution in [0.1, 0.15) is 23.6 Å². The first kappa shape index (κ1) is 9.67. The van der Waals surface area contributed by atoms with Gasteiger partial charge >= 0.3 is 5.97 Å². The first-order valence-corrected chi connectivity index (χ1v) is 3.98. The van der Waals surface area contributed by atoms with E-state index in [2.05, 4.69) is 4.98 Å². The van der Waals surface area contributed by atoms with Crippen LogP contribution in [0, 0.1) is 6.92 Å². The monoisotopic (exact) mass is 180 g/mol. The molecule has 0 aromatic carbocycles. The summed E-state index contributed by atoms with van der Waals surface area (Å²) in [5.41, 5.74) is 7.39. The van der Waals surface area contributed by atoms with E-state index in [9.17, 15) is 4.79 Å². The van der Waals surface area contributed by atoms with E-state index in [1.165, 1.54) is 0 Å². The third-order valence-electron chi connectivity index (χ3n) is 1.72. The number of aliphatic carboxylic acids is 1. The van der Waals surface area contributed by atoms with Crippen LogP contribution in [0.2, 0.25) is 0 Å². The van der Waals surface area contributed by atoms with E-state index in [-0.39, 0.29) is 6.42 Å². The van der Waals surface area contributed by atoms with Gasteiger partial charge in [0.05, 0.1) is 6.42 Å². The molecule has 4 heteroatoms. The Hall–Kier alpha value is -1.42. The molecule has 3 N–H and O–H groups in total. The van der Waals surface area contributed by atoms with E-state index in [1.54, 1.807) is 12.4 Å². The molecule has 13 heavy (non-hydrogen) atoms. The first-order valence-electron chi connectivity index (χ1n) is 3.98. The molecular weight excluding hydrogens is 168 g/mol. The number of carboxylic acids is 1. The summed E-state index contributed by atoms with van der Waals surface area (Å²) in [6.07, 6.45) is 3.24. The van der Waals surface area contributed by atoms with Crippen LogP contribution in [-0.4, -0.2) is 16.1 Å². The van der Waals surface area contributed by atoms with Gasteiger partial charge in [-0.05, 0) is 18.1 Å². The Morgan fingerprint density at radius 3 is 2.92 bits per heavy atom. The molecule has 1 aromatic rings. The molecule has 0 saturated carbocycles. The molecule has 0 spiro atoms. The maximum atomic E-state index is 10.4. The standard InChI is InChI=1S/C9H12N2O2/c1-6-2-7(5-11-4-6)8(10)3-9(12)13/h2,4-5,8H,3,10H2,1H3,(H,12,13)/t8-/m0/s1. The lowest BCUT2D eigenvalue weighted by atomic mass is 10.1. The number of pyridine rings is 1. The molecule has 1 heterocycles. The second-order valence-electron chi connectivity index (χ2n) is 3.00. The first-order chi connectivity index (χ1) is 6.09. The van der Waals surface area contributed by atoms with Gasteiger partial charge in [0.15, 0.2) is 0 Å². The van der Waals surface area contributed by atoms with Crippen molar-refractivity contribution in [1.29, 1.82) is 0 Å². The van der Waals surface area contributed by atoms with Crippen molar-refractivity contribution in [3.05, 3.63) is 29.6 Å². The number of rotatable bonds is 3. The number of hydrogen-bond donors (Lipinski definition) is 2. The maximum absolute atomic E-state index is 10.4. The van der Waals surface area contributed by atoms with Crippen molar-refractivity contribution in [3.8, 4) is 0 Å². The van der Waals surface area contributed by atoms with Crippen LogP contribution >= 0.6 is 0 Å².